The minimum Gasteiger partial charge on any atom is -0.343 e. The molecular weight excluding hydrogens is 284 g/mol. The number of carbonyl (C=O) groups is 2. The second-order valence-corrected chi connectivity index (χ2v) is 6.21. The lowest BCUT2D eigenvalue weighted by atomic mass is 10.0. The van der Waals surface area contributed by atoms with Crippen LogP contribution in [-0.4, -0.2) is 39.9 Å². The number of carbonyl (C=O) groups excluding carboxylic acids is 2. The van der Waals surface area contributed by atoms with Crippen LogP contribution in [0.2, 0.25) is 0 Å². The molecule has 1 aliphatic rings. The molecule has 7 nitrogen and oxygen atoms in total. The third kappa shape index (κ3) is 3.45. The summed E-state index contributed by atoms with van der Waals surface area (Å²) in [5, 5.41) is 6.89. The van der Waals surface area contributed by atoms with Crippen LogP contribution in [0.4, 0.5) is 0 Å². The van der Waals surface area contributed by atoms with E-state index < -0.39 is 5.54 Å². The van der Waals surface area contributed by atoms with Gasteiger partial charge in [0.25, 0.3) is 0 Å². The van der Waals surface area contributed by atoms with E-state index in [-0.39, 0.29) is 24.2 Å². The number of hydrogen-bond acceptors (Lipinski definition) is 5. The summed E-state index contributed by atoms with van der Waals surface area (Å²) in [7, 11) is 0. The molecule has 122 valence electrons. The molecule has 1 aliphatic heterocycles. The maximum Gasteiger partial charge on any atom is 0.226 e. The van der Waals surface area contributed by atoms with Crippen LogP contribution in [-0.2, 0) is 21.5 Å². The van der Waals surface area contributed by atoms with Gasteiger partial charge in [0.2, 0.25) is 17.7 Å². The van der Waals surface area contributed by atoms with Crippen molar-refractivity contribution in [2.45, 2.75) is 52.5 Å². The summed E-state index contributed by atoms with van der Waals surface area (Å²) in [6, 6.07) is 0. The molecule has 1 fully saturated rings. The van der Waals surface area contributed by atoms with Crippen LogP contribution in [0, 0.1) is 5.92 Å². The van der Waals surface area contributed by atoms with Crippen LogP contribution in [0.3, 0.4) is 0 Å². The average Bonchev–Trinajstić information content (AvgIpc) is 3.05. The van der Waals surface area contributed by atoms with Gasteiger partial charge < -0.3 is 14.7 Å². The molecule has 22 heavy (non-hydrogen) atoms. The van der Waals surface area contributed by atoms with Crippen molar-refractivity contribution in [1.29, 1.82) is 0 Å². The van der Waals surface area contributed by atoms with Crippen molar-refractivity contribution < 1.29 is 14.1 Å². The van der Waals surface area contributed by atoms with Gasteiger partial charge in [0.05, 0.1) is 11.5 Å². The Morgan fingerprint density at radius 2 is 2.18 bits per heavy atom. The summed E-state index contributed by atoms with van der Waals surface area (Å²) in [6.07, 6.45) is 1.91. The first-order valence-electron chi connectivity index (χ1n) is 7.80. The Labute approximate surface area is 130 Å². The van der Waals surface area contributed by atoms with E-state index in [9.17, 15) is 9.59 Å². The van der Waals surface area contributed by atoms with Gasteiger partial charge in [0.15, 0.2) is 5.82 Å². The first kappa shape index (κ1) is 16.5. The largest absolute Gasteiger partial charge is 0.343 e. The van der Waals surface area contributed by atoms with Gasteiger partial charge in [0.1, 0.15) is 0 Å². The van der Waals surface area contributed by atoms with E-state index in [1.165, 1.54) is 0 Å². The molecule has 2 heterocycles. The monoisotopic (exact) mass is 308 g/mol. The Balaban J connectivity index is 2.01. The fourth-order valence-electron chi connectivity index (χ4n) is 2.54. The van der Waals surface area contributed by atoms with Gasteiger partial charge in [-0.3, -0.25) is 9.59 Å². The van der Waals surface area contributed by atoms with Crippen molar-refractivity contribution in [3.05, 3.63) is 11.7 Å². The molecule has 1 aromatic rings. The predicted octanol–water partition coefficient (Wildman–Crippen LogP) is 1.24. The highest BCUT2D eigenvalue weighted by atomic mass is 16.5. The van der Waals surface area contributed by atoms with E-state index in [0.29, 0.717) is 24.8 Å². The number of aromatic nitrogens is 2. The van der Waals surface area contributed by atoms with E-state index >= 15 is 0 Å². The zero-order valence-electron chi connectivity index (χ0n) is 13.7. The van der Waals surface area contributed by atoms with Crippen molar-refractivity contribution >= 4 is 11.8 Å². The van der Waals surface area contributed by atoms with E-state index in [0.717, 1.165) is 12.8 Å². The molecule has 0 aromatic carbocycles. The number of likely N-dealkylation sites (tertiary alicyclic amines) is 1. The highest BCUT2D eigenvalue weighted by Gasteiger charge is 2.37. The lowest BCUT2D eigenvalue weighted by Gasteiger charge is -2.24. The highest BCUT2D eigenvalue weighted by molar-refractivity contribution is 5.89. The number of amides is 2. The summed E-state index contributed by atoms with van der Waals surface area (Å²) in [5.41, 5.74) is -0.727. The van der Waals surface area contributed by atoms with Crippen LogP contribution in [0.15, 0.2) is 4.52 Å². The van der Waals surface area contributed by atoms with Crippen molar-refractivity contribution in [3.8, 4) is 0 Å². The van der Waals surface area contributed by atoms with Crippen LogP contribution < -0.4 is 5.32 Å². The minimum absolute atomic E-state index is 0.0326. The van der Waals surface area contributed by atoms with Gasteiger partial charge >= 0.3 is 0 Å². The number of nitrogens with zero attached hydrogens (tertiary/aromatic N) is 3. The van der Waals surface area contributed by atoms with Crippen molar-refractivity contribution in [3.63, 3.8) is 0 Å². The van der Waals surface area contributed by atoms with Crippen LogP contribution in [0.5, 0.6) is 0 Å². The lowest BCUT2D eigenvalue weighted by Crippen LogP contribution is -2.45. The van der Waals surface area contributed by atoms with Crippen molar-refractivity contribution in [2.24, 2.45) is 5.92 Å². The van der Waals surface area contributed by atoms with E-state index in [1.54, 1.807) is 4.90 Å². The number of hydrogen-bond donors (Lipinski definition) is 1. The second-order valence-electron chi connectivity index (χ2n) is 6.21. The van der Waals surface area contributed by atoms with Crippen LogP contribution >= 0.6 is 0 Å². The fraction of sp³-hybridized carbons (Fsp3) is 0.733. The highest BCUT2D eigenvalue weighted by Crippen LogP contribution is 2.22. The summed E-state index contributed by atoms with van der Waals surface area (Å²) in [6.45, 7) is 8.73. The minimum atomic E-state index is -0.727. The summed E-state index contributed by atoms with van der Waals surface area (Å²) in [5.74, 6) is 0.615. The molecule has 0 aliphatic carbocycles. The Hall–Kier alpha value is -1.92. The van der Waals surface area contributed by atoms with Crippen molar-refractivity contribution in [1.82, 2.24) is 20.4 Å². The summed E-state index contributed by atoms with van der Waals surface area (Å²) < 4.78 is 5.18. The standard InChI is InChI=1S/C15H24N4O3/c1-5-7-11-16-14(18-22-11)15(3,4)17-13(21)10-8-12(20)19(6-2)9-10/h10H,5-9H2,1-4H3,(H,17,21)/t10-/m1/s1. The van der Waals surface area contributed by atoms with Gasteiger partial charge in [0, 0.05) is 25.9 Å². The Morgan fingerprint density at radius 3 is 2.77 bits per heavy atom. The van der Waals surface area contributed by atoms with Gasteiger partial charge in [-0.15, -0.1) is 0 Å². The molecule has 2 rings (SSSR count). The zero-order chi connectivity index (χ0) is 16.3. The molecule has 1 saturated heterocycles. The van der Waals surface area contributed by atoms with Crippen LogP contribution in [0.1, 0.15) is 52.3 Å². The zero-order valence-corrected chi connectivity index (χ0v) is 13.7. The molecule has 0 unspecified atom stereocenters. The number of nitrogens with one attached hydrogen (secondary N) is 1. The lowest BCUT2D eigenvalue weighted by molar-refractivity contribution is -0.129. The van der Waals surface area contributed by atoms with E-state index in [4.69, 9.17) is 4.52 Å². The molecule has 2 amide bonds. The summed E-state index contributed by atoms with van der Waals surface area (Å²) in [4.78, 5) is 30.2. The molecule has 0 bridgehead atoms. The third-order valence-corrected chi connectivity index (χ3v) is 3.89. The molecule has 7 heteroatoms. The Morgan fingerprint density at radius 1 is 1.45 bits per heavy atom. The molecular formula is C15H24N4O3. The first-order chi connectivity index (χ1) is 10.4. The smallest absolute Gasteiger partial charge is 0.226 e. The number of aryl methyl sites for hydroxylation is 1. The molecule has 1 N–H and O–H groups in total. The average molecular weight is 308 g/mol. The Bertz CT molecular complexity index is 553. The maximum atomic E-state index is 12.4. The molecule has 0 saturated carbocycles. The molecule has 0 radical (unpaired) electrons. The SMILES string of the molecule is CCCc1nc(C(C)(C)NC(=O)[C@@H]2CC(=O)N(CC)C2)no1. The van der Waals surface area contributed by atoms with Gasteiger partial charge in [-0.25, -0.2) is 0 Å². The predicted molar refractivity (Wildman–Crippen MR) is 79.8 cm³/mol. The third-order valence-electron chi connectivity index (χ3n) is 3.89. The molecule has 0 spiro atoms. The molecule has 1 aromatic heterocycles. The normalized spacial score (nSPS) is 18.8. The summed E-state index contributed by atoms with van der Waals surface area (Å²) >= 11 is 0. The topological polar surface area (TPSA) is 88.3 Å². The van der Waals surface area contributed by atoms with Crippen LogP contribution in [0.25, 0.3) is 0 Å². The van der Waals surface area contributed by atoms with Gasteiger partial charge in [-0.05, 0) is 27.2 Å². The second kappa shape index (κ2) is 6.46. The molecule has 1 atom stereocenters. The quantitative estimate of drug-likeness (QED) is 0.854. The Kier molecular flexibility index (Phi) is 4.83. The number of rotatable bonds is 6. The fourth-order valence-corrected chi connectivity index (χ4v) is 2.54. The van der Waals surface area contributed by atoms with E-state index in [2.05, 4.69) is 15.5 Å². The van der Waals surface area contributed by atoms with Gasteiger partial charge in [-0.2, -0.15) is 4.98 Å². The van der Waals surface area contributed by atoms with E-state index in [1.807, 2.05) is 27.7 Å². The maximum absolute atomic E-state index is 12.4. The van der Waals surface area contributed by atoms with Crippen molar-refractivity contribution in [2.75, 3.05) is 13.1 Å². The first-order valence-corrected chi connectivity index (χ1v) is 7.80. The van der Waals surface area contributed by atoms with Gasteiger partial charge in [-0.1, -0.05) is 12.1 Å².